The van der Waals surface area contributed by atoms with Crippen LogP contribution in [-0.4, -0.2) is 28.5 Å². The average molecular weight is 404 g/mol. The quantitative estimate of drug-likeness (QED) is 0.594. The van der Waals surface area contributed by atoms with E-state index in [1.807, 2.05) is 31.2 Å². The molecule has 1 atom stereocenters. The number of anilines is 1. The van der Waals surface area contributed by atoms with E-state index in [0.29, 0.717) is 27.6 Å². The molecule has 0 unspecified atom stereocenters. The van der Waals surface area contributed by atoms with E-state index in [2.05, 4.69) is 15.5 Å². The van der Waals surface area contributed by atoms with Crippen molar-refractivity contribution in [3.63, 3.8) is 0 Å². The minimum Gasteiger partial charge on any atom is -0.495 e. The molecular weight excluding hydrogens is 386 g/mol. The Hall–Kier alpha value is -2.51. The number of hydrogen-bond acceptors (Lipinski definition) is 6. The molecule has 0 saturated heterocycles. The summed E-state index contributed by atoms with van der Waals surface area (Å²) in [5, 5.41) is 11.2. The third kappa shape index (κ3) is 4.61. The molecule has 6 nitrogen and oxygen atoms in total. The largest absolute Gasteiger partial charge is 0.495 e. The number of amides is 1. The van der Waals surface area contributed by atoms with Crippen molar-refractivity contribution in [1.82, 2.24) is 10.2 Å². The number of aromatic nitrogens is 2. The first-order valence-electron chi connectivity index (χ1n) is 8.18. The van der Waals surface area contributed by atoms with Crippen LogP contribution in [0.25, 0.3) is 11.5 Å². The molecular formula is C19H18ClN3O3S. The van der Waals surface area contributed by atoms with Crippen LogP contribution < -0.4 is 10.1 Å². The Bertz CT molecular complexity index is 961. The molecule has 0 aliphatic rings. The maximum atomic E-state index is 12.4. The second-order valence-electron chi connectivity index (χ2n) is 5.79. The lowest BCUT2D eigenvalue weighted by Gasteiger charge is -2.11. The van der Waals surface area contributed by atoms with Crippen molar-refractivity contribution in [2.75, 3.05) is 12.4 Å². The number of rotatable bonds is 6. The molecule has 1 N–H and O–H groups in total. The van der Waals surface area contributed by atoms with Crippen molar-refractivity contribution in [2.45, 2.75) is 24.3 Å². The fraction of sp³-hybridized carbons (Fsp3) is 0.211. The Morgan fingerprint density at radius 2 is 2.04 bits per heavy atom. The van der Waals surface area contributed by atoms with E-state index in [9.17, 15) is 4.79 Å². The van der Waals surface area contributed by atoms with Gasteiger partial charge >= 0.3 is 0 Å². The normalized spacial score (nSPS) is 11.9. The lowest BCUT2D eigenvalue weighted by atomic mass is 10.1. The fourth-order valence-electron chi connectivity index (χ4n) is 2.37. The smallest absolute Gasteiger partial charge is 0.277 e. The Labute approximate surface area is 166 Å². The minimum atomic E-state index is -0.434. The predicted molar refractivity (Wildman–Crippen MR) is 106 cm³/mol. The number of carbonyl (C=O) groups is 1. The lowest BCUT2D eigenvalue weighted by Crippen LogP contribution is -2.22. The molecule has 1 aromatic heterocycles. The van der Waals surface area contributed by atoms with Gasteiger partial charge in [0.05, 0.1) is 17.4 Å². The number of hydrogen-bond donors (Lipinski definition) is 1. The van der Waals surface area contributed by atoms with Gasteiger partial charge in [-0.1, -0.05) is 41.6 Å². The Morgan fingerprint density at radius 1 is 1.26 bits per heavy atom. The highest BCUT2D eigenvalue weighted by Crippen LogP contribution is 2.30. The molecule has 0 radical (unpaired) electrons. The summed E-state index contributed by atoms with van der Waals surface area (Å²) < 4.78 is 10.8. The van der Waals surface area contributed by atoms with Crippen molar-refractivity contribution in [1.29, 1.82) is 0 Å². The topological polar surface area (TPSA) is 77.2 Å². The van der Waals surface area contributed by atoms with Crippen LogP contribution in [0, 0.1) is 6.92 Å². The van der Waals surface area contributed by atoms with Crippen molar-refractivity contribution in [2.24, 2.45) is 0 Å². The number of nitrogens with zero attached hydrogens (tertiary/aromatic N) is 2. The molecule has 2 aromatic carbocycles. The van der Waals surface area contributed by atoms with Gasteiger partial charge < -0.3 is 14.5 Å². The summed E-state index contributed by atoms with van der Waals surface area (Å²) in [5.41, 5.74) is 2.51. The molecule has 8 heteroatoms. The summed E-state index contributed by atoms with van der Waals surface area (Å²) in [4.78, 5) is 12.4. The van der Waals surface area contributed by atoms with E-state index in [4.69, 9.17) is 20.8 Å². The molecule has 1 amide bonds. The Balaban J connectivity index is 1.65. The SMILES string of the molecule is COc1ccc(NC(=O)[C@@H](C)Sc2nnc(-c3ccccc3C)o2)cc1Cl. The van der Waals surface area contributed by atoms with Gasteiger partial charge in [-0.15, -0.1) is 10.2 Å². The number of benzene rings is 2. The highest BCUT2D eigenvalue weighted by Gasteiger charge is 2.19. The molecule has 0 saturated carbocycles. The third-order valence-electron chi connectivity index (χ3n) is 3.85. The van der Waals surface area contributed by atoms with Gasteiger partial charge in [0.1, 0.15) is 5.75 Å². The van der Waals surface area contributed by atoms with Gasteiger partial charge in [-0.3, -0.25) is 4.79 Å². The zero-order valence-electron chi connectivity index (χ0n) is 15.0. The average Bonchev–Trinajstić information content (AvgIpc) is 3.10. The van der Waals surface area contributed by atoms with E-state index in [1.54, 1.807) is 25.1 Å². The summed E-state index contributed by atoms with van der Waals surface area (Å²) in [6.45, 7) is 3.74. The lowest BCUT2D eigenvalue weighted by molar-refractivity contribution is -0.115. The molecule has 3 rings (SSSR count). The first-order chi connectivity index (χ1) is 13.0. The maximum Gasteiger partial charge on any atom is 0.277 e. The summed E-state index contributed by atoms with van der Waals surface area (Å²) in [5.74, 6) is 0.786. The fourth-order valence-corrected chi connectivity index (χ4v) is 3.31. The molecule has 3 aromatic rings. The van der Waals surface area contributed by atoms with Crippen LogP contribution in [0.5, 0.6) is 5.75 Å². The third-order valence-corrected chi connectivity index (χ3v) is 5.08. The van der Waals surface area contributed by atoms with Gasteiger partial charge in [0.15, 0.2) is 0 Å². The number of aryl methyl sites for hydroxylation is 1. The first kappa shape index (κ1) is 19.3. The highest BCUT2D eigenvalue weighted by atomic mass is 35.5. The van der Waals surface area contributed by atoms with Crippen LogP contribution >= 0.6 is 23.4 Å². The minimum absolute atomic E-state index is 0.197. The van der Waals surface area contributed by atoms with E-state index in [-0.39, 0.29) is 5.91 Å². The standard InChI is InChI=1S/C19H18ClN3O3S/c1-11-6-4-5-7-14(11)18-22-23-19(26-18)27-12(2)17(24)21-13-8-9-16(25-3)15(20)10-13/h4-10,12H,1-3H3,(H,21,24)/t12-/m1/s1. The molecule has 0 aliphatic carbocycles. The number of halogens is 1. The van der Waals surface area contributed by atoms with Crippen LogP contribution in [0.4, 0.5) is 5.69 Å². The van der Waals surface area contributed by atoms with E-state index in [1.165, 1.54) is 18.9 Å². The monoisotopic (exact) mass is 403 g/mol. The van der Waals surface area contributed by atoms with Crippen molar-refractivity contribution < 1.29 is 13.9 Å². The second-order valence-corrected chi connectivity index (χ2v) is 7.49. The number of nitrogens with one attached hydrogen (secondary N) is 1. The van der Waals surface area contributed by atoms with Gasteiger partial charge in [-0.2, -0.15) is 0 Å². The van der Waals surface area contributed by atoms with Crippen LogP contribution in [-0.2, 0) is 4.79 Å². The van der Waals surface area contributed by atoms with Crippen LogP contribution in [0.15, 0.2) is 52.1 Å². The van der Waals surface area contributed by atoms with Gasteiger partial charge in [0.2, 0.25) is 11.8 Å². The summed E-state index contributed by atoms with van der Waals surface area (Å²) in [6.07, 6.45) is 0. The number of ether oxygens (including phenoxy) is 1. The van der Waals surface area contributed by atoms with Crippen LogP contribution in [0.2, 0.25) is 5.02 Å². The summed E-state index contributed by atoms with van der Waals surface area (Å²) in [6, 6.07) is 12.8. The number of carbonyl (C=O) groups excluding carboxylic acids is 1. The van der Waals surface area contributed by atoms with Gasteiger partial charge in [-0.25, -0.2) is 0 Å². The molecule has 0 fully saturated rings. The van der Waals surface area contributed by atoms with Crippen molar-refractivity contribution in [3.8, 4) is 17.2 Å². The van der Waals surface area contributed by atoms with Crippen LogP contribution in [0.1, 0.15) is 12.5 Å². The molecule has 0 aliphatic heterocycles. The van der Waals surface area contributed by atoms with Crippen molar-refractivity contribution >= 4 is 35.0 Å². The highest BCUT2D eigenvalue weighted by molar-refractivity contribution is 8.00. The Morgan fingerprint density at radius 3 is 2.74 bits per heavy atom. The molecule has 27 heavy (non-hydrogen) atoms. The van der Waals surface area contributed by atoms with Gasteiger partial charge in [0.25, 0.3) is 5.22 Å². The van der Waals surface area contributed by atoms with Gasteiger partial charge in [0, 0.05) is 11.3 Å². The zero-order chi connectivity index (χ0) is 19.4. The predicted octanol–water partition coefficient (Wildman–Crippen LogP) is 4.83. The Kier molecular flexibility index (Phi) is 6.03. The van der Waals surface area contributed by atoms with E-state index < -0.39 is 5.25 Å². The molecule has 0 bridgehead atoms. The molecule has 140 valence electrons. The summed E-state index contributed by atoms with van der Waals surface area (Å²) >= 11 is 7.28. The number of methoxy groups -OCH3 is 1. The van der Waals surface area contributed by atoms with E-state index in [0.717, 1.165) is 11.1 Å². The second kappa shape index (κ2) is 8.45. The first-order valence-corrected chi connectivity index (χ1v) is 9.44. The molecule has 1 heterocycles. The van der Waals surface area contributed by atoms with E-state index >= 15 is 0 Å². The summed E-state index contributed by atoms with van der Waals surface area (Å²) in [7, 11) is 1.54. The number of thioether (sulfide) groups is 1. The van der Waals surface area contributed by atoms with Crippen molar-refractivity contribution in [3.05, 3.63) is 53.1 Å². The maximum absolute atomic E-state index is 12.4. The van der Waals surface area contributed by atoms with Gasteiger partial charge in [-0.05, 0) is 43.7 Å². The molecule has 0 spiro atoms. The zero-order valence-corrected chi connectivity index (χ0v) is 16.6. The van der Waals surface area contributed by atoms with Crippen LogP contribution in [0.3, 0.4) is 0 Å².